The first-order valence-electron chi connectivity index (χ1n) is 20.4. The van der Waals surface area contributed by atoms with E-state index in [1.54, 1.807) is 12.1 Å². The molecule has 10 rings (SSSR count). The van der Waals surface area contributed by atoms with Crippen molar-refractivity contribution >= 4 is 63.2 Å². The van der Waals surface area contributed by atoms with Crippen molar-refractivity contribution in [2.45, 2.75) is 44.7 Å². The summed E-state index contributed by atoms with van der Waals surface area (Å²) in [6, 6.07) is 19.6. The third-order valence-corrected chi connectivity index (χ3v) is 12.4. The van der Waals surface area contributed by atoms with Crippen LogP contribution in [0.5, 0.6) is 5.88 Å². The van der Waals surface area contributed by atoms with E-state index in [0.29, 0.717) is 35.6 Å². The smallest absolute Gasteiger partial charge is 0.262 e. The number of nitrogens with zero attached hydrogens (tertiary/aromatic N) is 7. The number of piperazine rings is 1. The highest BCUT2D eigenvalue weighted by molar-refractivity contribution is 6.23. The third-order valence-electron chi connectivity index (χ3n) is 12.4. The summed E-state index contributed by atoms with van der Waals surface area (Å²) in [5.74, 6) is -0.761. The molecule has 4 amide bonds. The zero-order valence-electron chi connectivity index (χ0n) is 32.7. The van der Waals surface area contributed by atoms with E-state index >= 15 is 0 Å². The molecule has 0 aliphatic carbocycles. The molecule has 3 N–H and O–H groups in total. The topological polar surface area (TPSA) is 165 Å². The van der Waals surface area contributed by atoms with Gasteiger partial charge in [-0.15, -0.1) is 0 Å². The molecule has 5 aromatic rings. The van der Waals surface area contributed by atoms with E-state index in [1.807, 2.05) is 24.5 Å². The highest BCUT2D eigenvalue weighted by Crippen LogP contribution is 2.37. The van der Waals surface area contributed by atoms with Crippen LogP contribution < -0.4 is 30.5 Å². The van der Waals surface area contributed by atoms with Crippen LogP contribution >= 0.6 is 0 Å². The second-order valence-corrected chi connectivity index (χ2v) is 15.8. The number of ether oxygens (including phenoxy) is 1. The SMILES string of the molecule is Cc1c(-c2ccc3cnc(Nc4ccc(N5CCC(N6CCN(c7ccc8c(c7)C(=O)N(C7CCC(=O)NC7=O)C8=O)CC6)CC5)cc4)nc3c2)cnc2c1NCCO2. The maximum absolute atomic E-state index is 13.4. The van der Waals surface area contributed by atoms with Gasteiger partial charge in [0.1, 0.15) is 18.3 Å². The van der Waals surface area contributed by atoms with Crippen molar-refractivity contribution in [2.24, 2.45) is 0 Å². The van der Waals surface area contributed by atoms with E-state index in [0.717, 1.165) is 108 Å². The summed E-state index contributed by atoms with van der Waals surface area (Å²) in [5, 5.41) is 10.0. The first-order valence-corrected chi connectivity index (χ1v) is 20.4. The Balaban J connectivity index is 0.726. The number of imide groups is 2. The third kappa shape index (κ3) is 6.84. The average molecular weight is 793 g/mol. The van der Waals surface area contributed by atoms with Gasteiger partial charge in [0.2, 0.25) is 23.6 Å². The van der Waals surface area contributed by atoms with Crippen LogP contribution in [0.1, 0.15) is 52.0 Å². The molecule has 5 aliphatic rings. The number of amides is 4. The van der Waals surface area contributed by atoms with Crippen molar-refractivity contribution in [1.29, 1.82) is 0 Å². The van der Waals surface area contributed by atoms with Crippen LogP contribution in [0.4, 0.5) is 28.7 Å². The number of nitrogens with one attached hydrogen (secondary N) is 3. The molecule has 0 radical (unpaired) electrons. The highest BCUT2D eigenvalue weighted by Gasteiger charge is 2.45. The lowest BCUT2D eigenvalue weighted by Crippen LogP contribution is -2.54. The maximum atomic E-state index is 13.4. The lowest BCUT2D eigenvalue weighted by Gasteiger charge is -2.44. The van der Waals surface area contributed by atoms with E-state index in [9.17, 15) is 19.2 Å². The molecule has 3 fully saturated rings. The van der Waals surface area contributed by atoms with Gasteiger partial charge in [-0.05, 0) is 85.8 Å². The number of hydrogen-bond acceptors (Lipinski definition) is 13. The van der Waals surface area contributed by atoms with Crippen LogP contribution in [0, 0.1) is 6.92 Å². The molecule has 3 aromatic carbocycles. The lowest BCUT2D eigenvalue weighted by atomic mass is 10.00. The minimum atomic E-state index is -0.967. The molecule has 0 bridgehead atoms. The Morgan fingerprint density at radius 3 is 2.32 bits per heavy atom. The van der Waals surface area contributed by atoms with Crippen molar-refractivity contribution in [2.75, 3.05) is 72.9 Å². The van der Waals surface area contributed by atoms with Crippen molar-refractivity contribution < 1.29 is 23.9 Å². The minimum Gasteiger partial charge on any atom is -0.474 e. The molecule has 0 saturated carbocycles. The van der Waals surface area contributed by atoms with E-state index in [-0.39, 0.29) is 18.7 Å². The Labute approximate surface area is 340 Å². The summed E-state index contributed by atoms with van der Waals surface area (Å²) in [7, 11) is 0. The number of benzene rings is 3. The number of piperidine rings is 2. The van der Waals surface area contributed by atoms with Crippen molar-refractivity contribution in [3.63, 3.8) is 0 Å². The fraction of sp³-hybridized carbons (Fsp3) is 0.341. The van der Waals surface area contributed by atoms with Gasteiger partial charge in [-0.25, -0.2) is 15.0 Å². The monoisotopic (exact) mass is 792 g/mol. The van der Waals surface area contributed by atoms with Gasteiger partial charge in [0.05, 0.1) is 16.6 Å². The van der Waals surface area contributed by atoms with Gasteiger partial charge in [0, 0.05) is 98.7 Å². The van der Waals surface area contributed by atoms with Gasteiger partial charge < -0.3 is 25.2 Å². The average Bonchev–Trinajstić information content (AvgIpc) is 3.51. The van der Waals surface area contributed by atoms with Crippen LogP contribution in [0.3, 0.4) is 0 Å². The van der Waals surface area contributed by atoms with Crippen LogP contribution in [0.2, 0.25) is 0 Å². The number of carbonyl (C=O) groups excluding carboxylic acids is 4. The molecule has 59 heavy (non-hydrogen) atoms. The molecule has 7 heterocycles. The number of hydrogen-bond donors (Lipinski definition) is 3. The second kappa shape index (κ2) is 15.0. The van der Waals surface area contributed by atoms with E-state index in [2.05, 4.69) is 83.9 Å². The molecular weight excluding hydrogens is 749 g/mol. The molecule has 1 unspecified atom stereocenters. The molecule has 3 saturated heterocycles. The van der Waals surface area contributed by atoms with Gasteiger partial charge in [-0.3, -0.25) is 34.3 Å². The Bertz CT molecular complexity index is 2510. The first-order chi connectivity index (χ1) is 28.8. The van der Waals surface area contributed by atoms with E-state index < -0.39 is 23.8 Å². The molecule has 1 atom stereocenters. The largest absolute Gasteiger partial charge is 0.474 e. The number of pyridine rings is 1. The van der Waals surface area contributed by atoms with Gasteiger partial charge in [-0.1, -0.05) is 12.1 Å². The fourth-order valence-electron chi connectivity index (χ4n) is 9.14. The second-order valence-electron chi connectivity index (χ2n) is 15.8. The van der Waals surface area contributed by atoms with E-state index in [4.69, 9.17) is 9.72 Å². The maximum Gasteiger partial charge on any atom is 0.262 e. The molecule has 300 valence electrons. The van der Waals surface area contributed by atoms with Crippen molar-refractivity contribution in [1.82, 2.24) is 30.1 Å². The van der Waals surface area contributed by atoms with Gasteiger partial charge in [0.25, 0.3) is 11.8 Å². The number of aromatic nitrogens is 3. The summed E-state index contributed by atoms with van der Waals surface area (Å²) in [6.07, 6.45) is 6.10. The number of carbonyl (C=O) groups is 4. The zero-order valence-corrected chi connectivity index (χ0v) is 32.7. The molecule has 15 heteroatoms. The number of fused-ring (bicyclic) bond motifs is 3. The predicted molar refractivity (Wildman–Crippen MR) is 223 cm³/mol. The predicted octanol–water partition coefficient (Wildman–Crippen LogP) is 4.74. The van der Waals surface area contributed by atoms with E-state index in [1.165, 1.54) is 5.69 Å². The summed E-state index contributed by atoms with van der Waals surface area (Å²) >= 11 is 0. The Kier molecular flexibility index (Phi) is 9.31. The Morgan fingerprint density at radius 2 is 1.53 bits per heavy atom. The van der Waals surface area contributed by atoms with Crippen molar-refractivity contribution in [3.8, 4) is 17.0 Å². The lowest BCUT2D eigenvalue weighted by molar-refractivity contribution is -0.136. The quantitative estimate of drug-likeness (QED) is 0.194. The van der Waals surface area contributed by atoms with Crippen molar-refractivity contribution in [3.05, 3.63) is 89.7 Å². The molecule has 5 aliphatic heterocycles. The Morgan fingerprint density at radius 1 is 0.763 bits per heavy atom. The normalized spacial score (nSPS) is 19.9. The van der Waals surface area contributed by atoms with Gasteiger partial charge in [0.15, 0.2) is 0 Å². The highest BCUT2D eigenvalue weighted by atomic mass is 16.5. The standard InChI is InChI=1S/C44H44N10O5/c1-26-35(25-46-41-39(26)45-14-21-59-41)27-2-3-28-24-47-44(49-36(28)22-27)48-29-4-6-30(7-5-29)51-15-12-31(13-16-51)52-17-19-53(20-18-52)32-8-9-33-34(23-32)43(58)54(42(33)57)37-10-11-38(55)50-40(37)56/h2-9,22-25,31,37,45H,10-21H2,1H3,(H,47,48,49)(H,50,55,56). The fourth-order valence-corrected chi connectivity index (χ4v) is 9.14. The molecule has 0 spiro atoms. The summed E-state index contributed by atoms with van der Waals surface area (Å²) in [4.78, 5) is 72.9. The van der Waals surface area contributed by atoms with Crippen LogP contribution in [0.25, 0.3) is 22.0 Å². The Hall–Kier alpha value is -6.61. The minimum absolute atomic E-state index is 0.0973. The van der Waals surface area contributed by atoms with Crippen LogP contribution in [0.15, 0.2) is 73.1 Å². The molecule has 2 aromatic heterocycles. The summed E-state index contributed by atoms with van der Waals surface area (Å²) < 4.78 is 5.72. The summed E-state index contributed by atoms with van der Waals surface area (Å²) in [5.41, 5.74) is 8.59. The number of anilines is 5. The first kappa shape index (κ1) is 36.7. The van der Waals surface area contributed by atoms with Gasteiger partial charge in [-0.2, -0.15) is 0 Å². The molecular formula is C44H44N10O5. The summed E-state index contributed by atoms with van der Waals surface area (Å²) in [6.45, 7) is 8.85. The number of rotatable bonds is 7. The van der Waals surface area contributed by atoms with Crippen LogP contribution in [-0.2, 0) is 9.59 Å². The van der Waals surface area contributed by atoms with Crippen LogP contribution in [-0.4, -0.2) is 113 Å². The van der Waals surface area contributed by atoms with Gasteiger partial charge >= 0.3 is 0 Å². The molecule has 15 nitrogen and oxygen atoms in total. The zero-order chi connectivity index (χ0) is 40.2.